The van der Waals surface area contributed by atoms with Crippen LogP contribution in [-0.4, -0.2) is 41.0 Å². The number of aromatic carboxylic acids is 1. The van der Waals surface area contributed by atoms with Gasteiger partial charge in [0.05, 0.1) is 57.0 Å². The van der Waals surface area contributed by atoms with Crippen molar-refractivity contribution in [1.29, 1.82) is 5.26 Å². The van der Waals surface area contributed by atoms with E-state index >= 15 is 0 Å². The summed E-state index contributed by atoms with van der Waals surface area (Å²) in [6.45, 7) is 4.23. The van der Waals surface area contributed by atoms with Gasteiger partial charge in [0.2, 0.25) is 0 Å². The maximum absolute atomic E-state index is 11.6. The fraction of sp³-hybridized carbons (Fsp3) is 0.0435. The average Bonchev–Trinajstić information content (AvgIpc) is 3.84. The third-order valence-corrected chi connectivity index (χ3v) is 12.0. The number of carbonyl (C=O) groups is 1. The first kappa shape index (κ1) is 36.9. The first-order chi connectivity index (χ1) is 28.8. The van der Waals surface area contributed by atoms with Gasteiger partial charge in [-0.2, -0.15) is 5.26 Å². The molecule has 10 aromatic rings. The van der Waals surface area contributed by atoms with Gasteiger partial charge in [-0.15, -0.1) is 22.7 Å². The van der Waals surface area contributed by atoms with Crippen molar-refractivity contribution in [1.82, 2.24) is 29.9 Å². The first-order valence-electron chi connectivity index (χ1n) is 18.3. The molecule has 59 heavy (non-hydrogen) atoms. The molecule has 10 rings (SSSR count). The molecular weight excluding hydrogens is 775 g/mol. The fourth-order valence-electron chi connectivity index (χ4n) is 6.96. The van der Waals surface area contributed by atoms with Crippen molar-refractivity contribution in [2.45, 2.75) is 13.8 Å². The van der Waals surface area contributed by atoms with Crippen LogP contribution in [-0.2, 0) is 0 Å². The van der Waals surface area contributed by atoms with E-state index in [0.29, 0.717) is 16.9 Å². The largest absolute Gasteiger partial charge is 0.478 e. The standard InChI is InChI=1S/C23H15N5S.C23H16N4O2S/c1-14-13-29-22-3-2-15(8-18(14)22)19-9-17(10-20-23(19)27-7-6-26-20)28-21-12-25-5-4-16(21)11-24;1-13-12-30-21-3-2-14(8-17(13)21)18-9-15(10-19-22(18)26-7-6-25-19)27-20-11-24-5-4-16(20)23(28)29/h2-10,12-13,28H,1H3;2-12,27H,1H3,(H,28,29). The Hall–Kier alpha value is -7.66. The SMILES string of the molecule is Cc1csc2ccc(-c3cc(Nc4cnccc4C#N)cc4nccnc34)cc12.Cc1csc2ccc(-c3cc(Nc4cnccc4C(=O)O)cc4nccnc34)cc12. The van der Waals surface area contributed by atoms with Crippen molar-refractivity contribution in [2.75, 3.05) is 10.6 Å². The lowest BCUT2D eigenvalue weighted by atomic mass is 10.0. The van der Waals surface area contributed by atoms with E-state index in [2.05, 4.69) is 108 Å². The normalized spacial score (nSPS) is 11.0. The molecule has 0 spiro atoms. The number of hydrogen-bond donors (Lipinski definition) is 3. The zero-order chi connectivity index (χ0) is 40.5. The second kappa shape index (κ2) is 15.7. The predicted octanol–water partition coefficient (Wildman–Crippen LogP) is 11.5. The second-order valence-electron chi connectivity index (χ2n) is 13.7. The molecule has 13 heteroatoms. The van der Waals surface area contributed by atoms with E-state index in [0.717, 1.165) is 55.7 Å². The van der Waals surface area contributed by atoms with Crippen molar-refractivity contribution in [3.8, 4) is 28.3 Å². The summed E-state index contributed by atoms with van der Waals surface area (Å²) in [5.74, 6) is -1.01. The third-order valence-electron chi connectivity index (χ3n) is 9.85. The Morgan fingerprint density at radius 2 is 1.14 bits per heavy atom. The van der Waals surface area contributed by atoms with Gasteiger partial charge >= 0.3 is 5.97 Å². The van der Waals surface area contributed by atoms with Crippen LogP contribution in [0.25, 0.3) is 64.5 Å². The number of hydrogen-bond acceptors (Lipinski definition) is 12. The molecule has 0 saturated carbocycles. The Balaban J connectivity index is 0.000000152. The highest BCUT2D eigenvalue weighted by molar-refractivity contribution is 7.17. The van der Waals surface area contributed by atoms with Crippen LogP contribution < -0.4 is 10.6 Å². The number of benzene rings is 4. The minimum absolute atomic E-state index is 0.154. The number of carboxylic acid groups (broad SMARTS) is 1. The Morgan fingerprint density at radius 3 is 1.68 bits per heavy atom. The molecule has 6 heterocycles. The number of nitriles is 1. The maximum Gasteiger partial charge on any atom is 0.337 e. The number of rotatable bonds is 7. The summed E-state index contributed by atoms with van der Waals surface area (Å²) in [5, 5.41) is 32.1. The van der Waals surface area contributed by atoms with Crippen molar-refractivity contribution in [3.63, 3.8) is 0 Å². The van der Waals surface area contributed by atoms with E-state index in [1.54, 1.807) is 65.9 Å². The second-order valence-corrected chi connectivity index (χ2v) is 15.5. The smallest absolute Gasteiger partial charge is 0.337 e. The van der Waals surface area contributed by atoms with Crippen molar-refractivity contribution < 1.29 is 9.90 Å². The highest BCUT2D eigenvalue weighted by Crippen LogP contribution is 2.37. The van der Waals surface area contributed by atoms with E-state index < -0.39 is 5.97 Å². The van der Waals surface area contributed by atoms with Crippen LogP contribution in [0.15, 0.2) is 133 Å². The molecule has 0 amide bonds. The zero-order valence-corrected chi connectivity index (χ0v) is 33.1. The Kier molecular flexibility index (Phi) is 9.83. The van der Waals surface area contributed by atoms with Gasteiger partial charge in [0.15, 0.2) is 0 Å². The van der Waals surface area contributed by atoms with Gasteiger partial charge in [0.1, 0.15) is 6.07 Å². The predicted molar refractivity (Wildman–Crippen MR) is 237 cm³/mol. The van der Waals surface area contributed by atoms with Crippen LogP contribution in [0.5, 0.6) is 0 Å². The number of aryl methyl sites for hydroxylation is 2. The van der Waals surface area contributed by atoms with Crippen LogP contribution in [0.1, 0.15) is 27.0 Å². The summed E-state index contributed by atoms with van der Waals surface area (Å²) in [6, 6.07) is 26.0. The molecule has 0 radical (unpaired) electrons. The first-order valence-corrected chi connectivity index (χ1v) is 20.1. The third kappa shape index (κ3) is 7.37. The van der Waals surface area contributed by atoms with Gasteiger partial charge in [-0.25, -0.2) is 4.79 Å². The van der Waals surface area contributed by atoms with Crippen molar-refractivity contribution in [3.05, 3.63) is 155 Å². The van der Waals surface area contributed by atoms with E-state index in [4.69, 9.17) is 0 Å². The molecule has 0 unspecified atom stereocenters. The molecule has 4 aromatic carbocycles. The molecule has 0 atom stereocenters. The van der Waals surface area contributed by atoms with Crippen LogP contribution in [0.3, 0.4) is 0 Å². The van der Waals surface area contributed by atoms with Crippen LogP contribution in [0, 0.1) is 25.2 Å². The maximum atomic E-state index is 11.6. The molecule has 0 aliphatic heterocycles. The summed E-state index contributed by atoms with van der Waals surface area (Å²) in [5.41, 5.74) is 13.0. The van der Waals surface area contributed by atoms with Gasteiger partial charge < -0.3 is 15.7 Å². The van der Waals surface area contributed by atoms with Crippen LogP contribution >= 0.6 is 22.7 Å². The highest BCUT2D eigenvalue weighted by atomic mass is 32.1. The summed E-state index contributed by atoms with van der Waals surface area (Å²) in [4.78, 5) is 37.8. The van der Waals surface area contributed by atoms with E-state index in [-0.39, 0.29) is 5.56 Å². The molecule has 3 N–H and O–H groups in total. The number of fused-ring (bicyclic) bond motifs is 4. The minimum atomic E-state index is -1.01. The topological polar surface area (TPSA) is 162 Å². The van der Waals surface area contributed by atoms with Crippen LogP contribution in [0.4, 0.5) is 22.7 Å². The fourth-order valence-corrected chi connectivity index (χ4v) is 8.81. The van der Waals surface area contributed by atoms with Gasteiger partial charge in [-0.3, -0.25) is 29.9 Å². The lowest BCUT2D eigenvalue weighted by Gasteiger charge is -2.13. The van der Waals surface area contributed by atoms with E-state index in [1.165, 1.54) is 49.8 Å². The lowest BCUT2D eigenvalue weighted by Crippen LogP contribution is -2.03. The molecule has 284 valence electrons. The summed E-state index contributed by atoms with van der Waals surface area (Å²) in [7, 11) is 0. The molecular formula is C46H31N9O2S2. The van der Waals surface area contributed by atoms with E-state index in [9.17, 15) is 15.2 Å². The van der Waals surface area contributed by atoms with E-state index in [1.807, 2.05) is 24.3 Å². The number of carboxylic acids is 1. The molecule has 0 saturated heterocycles. The van der Waals surface area contributed by atoms with Crippen molar-refractivity contribution in [2.24, 2.45) is 0 Å². The number of nitrogens with one attached hydrogen (secondary N) is 2. The number of aromatic nitrogens is 6. The van der Waals surface area contributed by atoms with Gasteiger partial charge in [-0.05, 0) is 118 Å². The van der Waals surface area contributed by atoms with Gasteiger partial charge in [-0.1, -0.05) is 12.1 Å². The summed E-state index contributed by atoms with van der Waals surface area (Å²) < 4.78 is 2.51. The Labute approximate surface area is 345 Å². The number of anilines is 4. The quantitative estimate of drug-likeness (QED) is 0.140. The van der Waals surface area contributed by atoms with Crippen LogP contribution in [0.2, 0.25) is 0 Å². The van der Waals surface area contributed by atoms with Crippen molar-refractivity contribution >= 4 is 93.6 Å². The van der Waals surface area contributed by atoms with Gasteiger partial charge in [0, 0.05) is 69.1 Å². The summed E-state index contributed by atoms with van der Waals surface area (Å²) in [6.07, 6.45) is 13.0. The number of pyridine rings is 2. The van der Waals surface area contributed by atoms with Gasteiger partial charge in [0.25, 0.3) is 0 Å². The zero-order valence-electron chi connectivity index (χ0n) is 31.5. The number of thiophene rings is 2. The molecule has 0 aliphatic carbocycles. The highest BCUT2D eigenvalue weighted by Gasteiger charge is 2.15. The Morgan fingerprint density at radius 1 is 0.627 bits per heavy atom. The summed E-state index contributed by atoms with van der Waals surface area (Å²) >= 11 is 3.48. The monoisotopic (exact) mass is 805 g/mol. The Bertz CT molecular complexity index is 3280. The average molecular weight is 806 g/mol. The molecule has 0 fully saturated rings. The number of nitrogens with zero attached hydrogens (tertiary/aromatic N) is 7. The molecule has 0 bridgehead atoms. The molecule has 0 aliphatic rings. The molecule has 6 aromatic heterocycles. The minimum Gasteiger partial charge on any atom is -0.478 e. The molecule has 11 nitrogen and oxygen atoms in total. The lowest BCUT2D eigenvalue weighted by molar-refractivity contribution is 0.0698.